The second-order valence-corrected chi connectivity index (χ2v) is 9.97. The fourth-order valence-electron chi connectivity index (χ4n) is 3.53. The summed E-state index contributed by atoms with van der Waals surface area (Å²) in [6.45, 7) is 8.10. The molecule has 0 radical (unpaired) electrons. The van der Waals surface area contributed by atoms with Crippen molar-refractivity contribution in [2.75, 3.05) is 5.84 Å². The number of hydrogen-bond acceptors (Lipinski definition) is 7. The van der Waals surface area contributed by atoms with Crippen molar-refractivity contribution in [1.29, 1.82) is 0 Å². The summed E-state index contributed by atoms with van der Waals surface area (Å²) in [5.74, 6) is 5.60. The van der Waals surface area contributed by atoms with E-state index in [1.807, 2.05) is 45.0 Å². The van der Waals surface area contributed by atoms with Gasteiger partial charge in [-0.05, 0) is 58.4 Å². The molecule has 0 atom stereocenters. The molecule has 0 aliphatic carbocycles. The lowest BCUT2D eigenvalue weighted by Gasteiger charge is -2.21. The minimum absolute atomic E-state index is 0.0258. The Hall–Kier alpha value is -3.99. The minimum Gasteiger partial charge on any atom is -0.489 e. The van der Waals surface area contributed by atoms with E-state index in [9.17, 15) is 19.3 Å². The van der Waals surface area contributed by atoms with Crippen LogP contribution in [0.25, 0.3) is 0 Å². The fourth-order valence-corrected chi connectivity index (χ4v) is 3.75. The summed E-state index contributed by atoms with van der Waals surface area (Å²) < 4.78 is 8.37. The highest BCUT2D eigenvalue weighted by molar-refractivity contribution is 6.32. The van der Waals surface area contributed by atoms with Gasteiger partial charge < -0.3 is 10.6 Å². The summed E-state index contributed by atoms with van der Waals surface area (Å²) in [5.41, 5.74) is -1.13. The zero-order valence-electron chi connectivity index (χ0n) is 21.3. The van der Waals surface area contributed by atoms with E-state index in [2.05, 4.69) is 10.2 Å². The Labute approximate surface area is 217 Å². The van der Waals surface area contributed by atoms with Crippen LogP contribution < -0.4 is 27.6 Å². The standard InChI is InChI=1S/C25H29ClN6O5/c1-15(2)37-20-11-10-18(12-19(20)26)28-22-30(13-17-8-6-16(3)7-9-17)23(34)31(24(35)32(22)27)14-25(4,5)21(33)29-36/h6-12,15H,13-14,27H2,1-5H3. The normalized spacial score (nSPS) is 12.1. The second-order valence-electron chi connectivity index (χ2n) is 9.57. The molecule has 0 saturated carbocycles. The molecule has 2 N–H and O–H groups in total. The van der Waals surface area contributed by atoms with Gasteiger partial charge >= 0.3 is 11.4 Å². The molecule has 0 spiro atoms. The van der Waals surface area contributed by atoms with Gasteiger partial charge in [-0.3, -0.25) is 9.36 Å². The zero-order valence-corrected chi connectivity index (χ0v) is 22.0. The van der Waals surface area contributed by atoms with Crippen LogP contribution in [-0.2, 0) is 17.9 Å². The lowest BCUT2D eigenvalue weighted by atomic mass is 9.93. The van der Waals surface area contributed by atoms with Gasteiger partial charge in [0.1, 0.15) is 5.75 Å². The molecule has 196 valence electrons. The van der Waals surface area contributed by atoms with Crippen LogP contribution in [-0.4, -0.2) is 25.8 Å². The number of amides is 1. The molecule has 11 nitrogen and oxygen atoms in total. The maximum atomic E-state index is 13.6. The second kappa shape index (κ2) is 11.0. The maximum Gasteiger partial charge on any atom is 0.353 e. The molecular weight excluding hydrogens is 500 g/mol. The Morgan fingerprint density at radius 1 is 1.08 bits per heavy atom. The number of benzene rings is 2. The zero-order chi connectivity index (χ0) is 27.5. The topological polar surface area (TPSA) is 143 Å². The minimum atomic E-state index is -1.42. The number of aryl methyl sites for hydroxylation is 1. The predicted molar refractivity (Wildman–Crippen MR) is 140 cm³/mol. The number of carbonyl (C=O) groups is 1. The number of nitrogens with zero attached hydrogens (tertiary/aromatic N) is 5. The molecule has 0 aliphatic rings. The van der Waals surface area contributed by atoms with Crippen LogP contribution in [0.15, 0.2) is 62.2 Å². The van der Waals surface area contributed by atoms with Gasteiger partial charge in [0.15, 0.2) is 0 Å². The highest BCUT2D eigenvalue weighted by atomic mass is 35.5. The third-order valence-corrected chi connectivity index (χ3v) is 5.83. The Balaban J connectivity index is 2.26. The first-order valence-corrected chi connectivity index (χ1v) is 11.9. The van der Waals surface area contributed by atoms with Crippen molar-refractivity contribution in [1.82, 2.24) is 13.8 Å². The molecule has 0 unspecified atom stereocenters. The van der Waals surface area contributed by atoms with Crippen LogP contribution in [0.4, 0.5) is 5.69 Å². The molecule has 0 aliphatic heterocycles. The van der Waals surface area contributed by atoms with Gasteiger partial charge in [0.25, 0.3) is 5.91 Å². The number of rotatable bonds is 8. The van der Waals surface area contributed by atoms with E-state index in [-0.39, 0.29) is 18.3 Å². The van der Waals surface area contributed by atoms with Crippen molar-refractivity contribution in [2.45, 2.75) is 53.8 Å². The number of nitrogen functional groups attached to an aromatic ring is 1. The third-order valence-electron chi connectivity index (χ3n) is 5.54. The number of aromatic nitrogens is 3. The molecule has 2 aromatic carbocycles. The summed E-state index contributed by atoms with van der Waals surface area (Å²) in [5, 5.41) is 2.74. The van der Waals surface area contributed by atoms with Crippen molar-refractivity contribution >= 4 is 23.2 Å². The Morgan fingerprint density at radius 2 is 1.73 bits per heavy atom. The summed E-state index contributed by atoms with van der Waals surface area (Å²) >= 11 is 6.34. The third kappa shape index (κ3) is 6.23. The predicted octanol–water partition coefficient (Wildman–Crippen LogP) is 2.87. The smallest absolute Gasteiger partial charge is 0.353 e. The Kier molecular flexibility index (Phi) is 8.17. The SMILES string of the molecule is Cc1ccc(Cn2c(=Nc3ccc(OC(C)C)c(Cl)c3)n(N)c(=O)n(CC(C)(C)C(=O)N=O)c2=O)cc1. The van der Waals surface area contributed by atoms with Crippen LogP contribution in [0.1, 0.15) is 38.8 Å². The lowest BCUT2D eigenvalue weighted by molar-refractivity contribution is -0.126. The van der Waals surface area contributed by atoms with Crippen molar-refractivity contribution in [3.05, 3.63) is 90.1 Å². The first-order chi connectivity index (χ1) is 17.3. The highest BCUT2D eigenvalue weighted by Crippen LogP contribution is 2.29. The van der Waals surface area contributed by atoms with E-state index in [4.69, 9.17) is 22.2 Å². The molecule has 1 amide bonds. The van der Waals surface area contributed by atoms with Crippen molar-refractivity contribution in [3.8, 4) is 5.75 Å². The first-order valence-electron chi connectivity index (χ1n) is 11.5. The number of halogens is 1. The van der Waals surface area contributed by atoms with Crippen molar-refractivity contribution in [2.24, 2.45) is 15.6 Å². The van der Waals surface area contributed by atoms with E-state index in [0.717, 1.165) is 20.4 Å². The van der Waals surface area contributed by atoms with Gasteiger partial charge in [0.05, 0.1) is 28.8 Å². The van der Waals surface area contributed by atoms with Crippen LogP contribution >= 0.6 is 11.6 Å². The van der Waals surface area contributed by atoms with Gasteiger partial charge in [-0.2, -0.15) is 4.68 Å². The number of hydrogen-bond donors (Lipinski definition) is 1. The van der Waals surface area contributed by atoms with Crippen LogP contribution in [0.3, 0.4) is 0 Å². The molecule has 0 bridgehead atoms. The van der Waals surface area contributed by atoms with E-state index in [0.29, 0.717) is 16.5 Å². The van der Waals surface area contributed by atoms with Gasteiger partial charge in [0.2, 0.25) is 5.62 Å². The number of ether oxygens (including phenoxy) is 1. The van der Waals surface area contributed by atoms with Gasteiger partial charge in [-0.25, -0.2) is 19.1 Å². The molecule has 3 aromatic rings. The molecular formula is C25H29ClN6O5. The van der Waals surface area contributed by atoms with Crippen molar-refractivity contribution < 1.29 is 9.53 Å². The molecule has 0 fully saturated rings. The van der Waals surface area contributed by atoms with Crippen LogP contribution in [0.5, 0.6) is 5.75 Å². The molecule has 37 heavy (non-hydrogen) atoms. The molecule has 12 heteroatoms. The molecule has 0 saturated heterocycles. The van der Waals surface area contributed by atoms with Gasteiger partial charge in [-0.15, -0.1) is 4.91 Å². The van der Waals surface area contributed by atoms with Crippen molar-refractivity contribution in [3.63, 3.8) is 0 Å². The largest absolute Gasteiger partial charge is 0.489 e. The Bertz CT molecular complexity index is 1520. The highest BCUT2D eigenvalue weighted by Gasteiger charge is 2.31. The summed E-state index contributed by atoms with van der Waals surface area (Å²) in [7, 11) is 0. The Morgan fingerprint density at radius 3 is 2.30 bits per heavy atom. The molecule has 1 heterocycles. The average Bonchev–Trinajstić information content (AvgIpc) is 2.84. The van der Waals surface area contributed by atoms with Gasteiger partial charge in [0, 0.05) is 11.7 Å². The fraction of sp³-hybridized carbons (Fsp3) is 0.360. The van der Waals surface area contributed by atoms with Crippen LogP contribution in [0, 0.1) is 17.2 Å². The summed E-state index contributed by atoms with van der Waals surface area (Å²) in [6.07, 6.45) is -0.0932. The van der Waals surface area contributed by atoms with Gasteiger partial charge in [-0.1, -0.05) is 41.4 Å². The number of nitrogens with two attached hydrogens (primary N) is 1. The maximum absolute atomic E-state index is 13.6. The number of nitroso groups, excluding NO2 is 1. The average molecular weight is 529 g/mol. The first kappa shape index (κ1) is 27.6. The lowest BCUT2D eigenvalue weighted by Crippen LogP contribution is -2.58. The van der Waals surface area contributed by atoms with E-state index in [1.54, 1.807) is 12.1 Å². The van der Waals surface area contributed by atoms with E-state index in [1.165, 1.54) is 24.5 Å². The molecule has 3 rings (SSSR count). The van der Waals surface area contributed by atoms with E-state index < -0.39 is 29.2 Å². The quantitative estimate of drug-likeness (QED) is 0.352. The van der Waals surface area contributed by atoms with E-state index >= 15 is 0 Å². The summed E-state index contributed by atoms with van der Waals surface area (Å²) in [4.78, 5) is 54.0. The molecule has 1 aromatic heterocycles. The monoisotopic (exact) mass is 528 g/mol. The number of carbonyl (C=O) groups excluding carboxylic acids is 1. The van der Waals surface area contributed by atoms with Crippen LogP contribution in [0.2, 0.25) is 5.02 Å². The summed E-state index contributed by atoms with van der Waals surface area (Å²) in [6, 6.07) is 12.2.